The van der Waals surface area contributed by atoms with Crippen molar-refractivity contribution in [2.45, 2.75) is 13.1 Å². The van der Waals surface area contributed by atoms with Crippen molar-refractivity contribution in [1.82, 2.24) is 0 Å². The van der Waals surface area contributed by atoms with Crippen LogP contribution in [0.5, 0.6) is 0 Å². The van der Waals surface area contributed by atoms with Gasteiger partial charge in [0, 0.05) is 0 Å². The molecule has 0 radical (unpaired) electrons. The number of anilines is 1. The Morgan fingerprint density at radius 1 is 1.33 bits per heavy atom. The Morgan fingerprint density at radius 2 is 1.89 bits per heavy atom. The van der Waals surface area contributed by atoms with Gasteiger partial charge in [0.2, 0.25) is 0 Å². The third-order valence-corrected chi connectivity index (χ3v) is 2.55. The Morgan fingerprint density at radius 3 is 2.33 bits per heavy atom. The first-order chi connectivity index (χ1) is 8.14. The topological polar surface area (TPSA) is 66.4 Å². The van der Waals surface area contributed by atoms with Crippen LogP contribution < -0.4 is 5.32 Å². The lowest BCUT2D eigenvalue weighted by atomic mass is 10.1. The van der Waals surface area contributed by atoms with E-state index in [1.807, 2.05) is 0 Å². The predicted octanol–water partition coefficient (Wildman–Crippen LogP) is 2.85. The normalized spacial score (nSPS) is 11.2. The van der Waals surface area contributed by atoms with E-state index in [0.717, 1.165) is 6.07 Å². The summed E-state index contributed by atoms with van der Waals surface area (Å²) in [5.41, 5.74) is -0.728. The first-order valence-corrected chi connectivity index (χ1v) is 4.93. The fourth-order valence-corrected chi connectivity index (χ4v) is 1.38. The zero-order chi connectivity index (χ0) is 14.1. The van der Waals surface area contributed by atoms with E-state index in [0.29, 0.717) is 5.56 Å². The minimum Gasteiger partial charge on any atom is -0.478 e. The Labute approximate surface area is 104 Å². The number of hydrogen-bond acceptors (Lipinski definition) is 2. The maximum atomic E-state index is 12.1. The summed E-state index contributed by atoms with van der Waals surface area (Å²) in [4.78, 5) is 21.6. The molecule has 0 unspecified atom stereocenters. The smallest absolute Gasteiger partial charge is 0.471 e. The number of hydrogen-bond donors (Lipinski definition) is 2. The van der Waals surface area contributed by atoms with Gasteiger partial charge >= 0.3 is 18.1 Å². The van der Waals surface area contributed by atoms with Gasteiger partial charge in [-0.15, -0.1) is 0 Å². The summed E-state index contributed by atoms with van der Waals surface area (Å²) >= 11 is 5.69. The lowest BCUT2D eigenvalue weighted by Crippen LogP contribution is -2.30. The highest BCUT2D eigenvalue weighted by Gasteiger charge is 2.39. The molecule has 1 aromatic rings. The number of rotatable bonds is 2. The molecule has 2 N–H and O–H groups in total. The van der Waals surface area contributed by atoms with Crippen LogP contribution in [0, 0.1) is 6.92 Å². The number of alkyl halides is 3. The van der Waals surface area contributed by atoms with E-state index in [-0.39, 0.29) is 5.02 Å². The van der Waals surface area contributed by atoms with Crippen LogP contribution in [0.1, 0.15) is 15.9 Å². The lowest BCUT2D eigenvalue weighted by molar-refractivity contribution is -0.167. The zero-order valence-electron chi connectivity index (χ0n) is 8.93. The molecule has 1 amide bonds. The molecule has 0 aliphatic rings. The number of carboxylic acid groups (broad SMARTS) is 1. The highest BCUT2D eigenvalue weighted by molar-refractivity contribution is 6.35. The Hall–Kier alpha value is -1.76. The molecule has 1 rings (SSSR count). The molecule has 0 aliphatic heterocycles. The number of amides is 1. The van der Waals surface area contributed by atoms with Crippen LogP contribution in [-0.2, 0) is 4.79 Å². The van der Waals surface area contributed by atoms with E-state index in [1.54, 1.807) is 0 Å². The van der Waals surface area contributed by atoms with E-state index < -0.39 is 29.3 Å². The highest BCUT2D eigenvalue weighted by atomic mass is 35.5. The molecular weight excluding hydrogens is 275 g/mol. The second-order valence-electron chi connectivity index (χ2n) is 3.38. The van der Waals surface area contributed by atoms with Crippen molar-refractivity contribution in [2.75, 3.05) is 5.32 Å². The molecule has 0 heterocycles. The van der Waals surface area contributed by atoms with Crippen molar-refractivity contribution in [3.63, 3.8) is 0 Å². The molecule has 0 fully saturated rings. The molecule has 0 aromatic heterocycles. The van der Waals surface area contributed by atoms with Crippen molar-refractivity contribution in [3.05, 3.63) is 28.3 Å². The van der Waals surface area contributed by atoms with Gasteiger partial charge in [-0.25, -0.2) is 4.79 Å². The van der Waals surface area contributed by atoms with Crippen LogP contribution in [0.4, 0.5) is 18.9 Å². The maximum absolute atomic E-state index is 12.1. The Kier molecular flexibility index (Phi) is 3.85. The van der Waals surface area contributed by atoms with E-state index in [4.69, 9.17) is 16.7 Å². The van der Waals surface area contributed by atoms with Crippen molar-refractivity contribution in [3.8, 4) is 0 Å². The van der Waals surface area contributed by atoms with Crippen LogP contribution in [0.3, 0.4) is 0 Å². The quantitative estimate of drug-likeness (QED) is 0.876. The van der Waals surface area contributed by atoms with Crippen LogP contribution in [0.25, 0.3) is 0 Å². The second kappa shape index (κ2) is 4.85. The maximum Gasteiger partial charge on any atom is 0.471 e. The zero-order valence-corrected chi connectivity index (χ0v) is 9.69. The van der Waals surface area contributed by atoms with Crippen molar-refractivity contribution in [2.24, 2.45) is 0 Å². The second-order valence-corrected chi connectivity index (χ2v) is 3.75. The molecule has 0 saturated heterocycles. The number of aryl methyl sites for hydroxylation is 1. The lowest BCUT2D eigenvalue weighted by Gasteiger charge is -2.13. The van der Waals surface area contributed by atoms with Crippen LogP contribution >= 0.6 is 11.6 Å². The summed E-state index contributed by atoms with van der Waals surface area (Å²) in [7, 11) is 0. The average Bonchev–Trinajstić information content (AvgIpc) is 2.23. The van der Waals surface area contributed by atoms with Gasteiger partial charge in [-0.3, -0.25) is 4.79 Å². The SMILES string of the molecule is Cc1ccc(C(=O)O)c(NC(=O)C(F)(F)F)c1Cl. The fourth-order valence-electron chi connectivity index (χ4n) is 1.17. The first-order valence-electron chi connectivity index (χ1n) is 4.55. The average molecular weight is 282 g/mol. The fraction of sp³-hybridized carbons (Fsp3) is 0.200. The van der Waals surface area contributed by atoms with E-state index in [9.17, 15) is 22.8 Å². The first kappa shape index (κ1) is 14.3. The summed E-state index contributed by atoms with van der Waals surface area (Å²) < 4.78 is 36.3. The van der Waals surface area contributed by atoms with E-state index >= 15 is 0 Å². The van der Waals surface area contributed by atoms with Crippen LogP contribution in [0.2, 0.25) is 5.02 Å². The summed E-state index contributed by atoms with van der Waals surface area (Å²) in [6.45, 7) is 1.47. The highest BCUT2D eigenvalue weighted by Crippen LogP contribution is 2.31. The molecule has 1 aromatic carbocycles. The van der Waals surface area contributed by atoms with Crippen LogP contribution in [0.15, 0.2) is 12.1 Å². The summed E-state index contributed by atoms with van der Waals surface area (Å²) in [5, 5.41) is 10.0. The molecule has 0 atom stereocenters. The number of carboxylic acids is 1. The summed E-state index contributed by atoms with van der Waals surface area (Å²) in [5.74, 6) is -3.77. The van der Waals surface area contributed by atoms with Crippen LogP contribution in [-0.4, -0.2) is 23.2 Å². The van der Waals surface area contributed by atoms with E-state index in [1.165, 1.54) is 18.3 Å². The van der Waals surface area contributed by atoms with Gasteiger partial charge in [-0.2, -0.15) is 13.2 Å². The standard InChI is InChI=1S/C10H7ClF3NO3/c1-4-2-3-5(8(16)17)7(6(4)11)15-9(18)10(12,13)14/h2-3H,1H3,(H,15,18)(H,16,17). The van der Waals surface area contributed by atoms with Gasteiger partial charge < -0.3 is 10.4 Å². The largest absolute Gasteiger partial charge is 0.478 e. The molecule has 0 aliphatic carbocycles. The van der Waals surface area contributed by atoms with Gasteiger partial charge in [-0.05, 0) is 18.6 Å². The predicted molar refractivity (Wildman–Crippen MR) is 57.8 cm³/mol. The number of carbonyl (C=O) groups excluding carboxylic acids is 1. The number of nitrogens with one attached hydrogen (secondary N) is 1. The van der Waals surface area contributed by atoms with Crippen molar-refractivity contribution >= 4 is 29.2 Å². The summed E-state index contributed by atoms with van der Waals surface area (Å²) in [6, 6.07) is 2.39. The molecule has 98 valence electrons. The van der Waals surface area contributed by atoms with Crippen molar-refractivity contribution in [1.29, 1.82) is 0 Å². The van der Waals surface area contributed by atoms with E-state index in [2.05, 4.69) is 0 Å². The third-order valence-electron chi connectivity index (χ3n) is 2.06. The Bertz CT molecular complexity index is 514. The van der Waals surface area contributed by atoms with Gasteiger partial charge in [0.15, 0.2) is 0 Å². The minimum absolute atomic E-state index is 0.243. The van der Waals surface area contributed by atoms with Gasteiger partial charge in [0.1, 0.15) is 0 Å². The molecular formula is C10H7ClF3NO3. The van der Waals surface area contributed by atoms with Crippen molar-refractivity contribution < 1.29 is 27.9 Å². The van der Waals surface area contributed by atoms with Gasteiger partial charge in [-0.1, -0.05) is 17.7 Å². The third kappa shape index (κ3) is 2.92. The molecule has 18 heavy (non-hydrogen) atoms. The van der Waals surface area contributed by atoms with Gasteiger partial charge in [0.25, 0.3) is 0 Å². The number of halogens is 4. The monoisotopic (exact) mass is 281 g/mol. The Balaban J connectivity index is 3.26. The minimum atomic E-state index is -5.12. The molecule has 8 heteroatoms. The molecule has 0 spiro atoms. The number of carbonyl (C=O) groups is 2. The molecule has 0 saturated carbocycles. The number of benzene rings is 1. The van der Waals surface area contributed by atoms with Gasteiger partial charge in [0.05, 0.1) is 16.3 Å². The molecule has 0 bridgehead atoms. The molecule has 4 nitrogen and oxygen atoms in total. The number of aromatic carboxylic acids is 1. The summed E-state index contributed by atoms with van der Waals surface area (Å²) in [6.07, 6.45) is -5.12.